The number of rotatable bonds is 2. The van der Waals surface area contributed by atoms with Crippen molar-refractivity contribution in [3.8, 4) is 0 Å². The summed E-state index contributed by atoms with van der Waals surface area (Å²) < 4.78 is 5.76. The number of ether oxygens (including phenoxy) is 1. The summed E-state index contributed by atoms with van der Waals surface area (Å²) in [6.45, 7) is 10.9. The van der Waals surface area contributed by atoms with E-state index < -0.39 is 5.92 Å². The Kier molecular flexibility index (Phi) is 4.72. The molecular formula is C22H28O3. The standard InChI is InChI=1S/C22H28O3/c1-13-8-14(2)19(15(3)9-13)20-18(23)11-17(21(20)24)10-16-6-7-25-22(4,5)12-16/h8-10,16,20H,6-7,11-12H2,1-5H3. The van der Waals surface area contributed by atoms with Gasteiger partial charge in [0.2, 0.25) is 0 Å². The number of aryl methyl sites for hydroxylation is 3. The number of ketones is 2. The van der Waals surface area contributed by atoms with Crippen molar-refractivity contribution in [1.82, 2.24) is 0 Å². The minimum atomic E-state index is -0.611. The molecule has 2 atom stereocenters. The third-order valence-corrected chi connectivity index (χ3v) is 5.46. The molecule has 134 valence electrons. The van der Waals surface area contributed by atoms with Gasteiger partial charge in [-0.1, -0.05) is 23.8 Å². The molecule has 1 aromatic rings. The minimum absolute atomic E-state index is 0.00403. The van der Waals surface area contributed by atoms with E-state index in [9.17, 15) is 9.59 Å². The lowest BCUT2D eigenvalue weighted by molar-refractivity contribution is -0.123. The minimum Gasteiger partial charge on any atom is -0.376 e. The second-order valence-corrected chi connectivity index (χ2v) is 8.31. The molecule has 0 spiro atoms. The summed E-state index contributed by atoms with van der Waals surface area (Å²) in [4.78, 5) is 25.7. The lowest BCUT2D eigenvalue weighted by Gasteiger charge is -2.34. The van der Waals surface area contributed by atoms with E-state index in [1.807, 2.05) is 20.8 Å². The molecule has 3 rings (SSSR count). The fraction of sp³-hybridized carbons (Fsp3) is 0.545. The molecule has 0 amide bonds. The zero-order valence-electron chi connectivity index (χ0n) is 15.9. The first-order chi connectivity index (χ1) is 11.7. The van der Waals surface area contributed by atoms with E-state index in [0.717, 1.165) is 35.1 Å². The van der Waals surface area contributed by atoms with Crippen LogP contribution in [-0.2, 0) is 14.3 Å². The molecule has 25 heavy (non-hydrogen) atoms. The Bertz CT molecular complexity index is 732. The van der Waals surface area contributed by atoms with Crippen LogP contribution < -0.4 is 0 Å². The highest BCUT2D eigenvalue weighted by Crippen LogP contribution is 2.38. The predicted molar refractivity (Wildman–Crippen MR) is 98.9 cm³/mol. The third kappa shape index (κ3) is 3.62. The Morgan fingerprint density at radius 3 is 2.36 bits per heavy atom. The molecule has 0 radical (unpaired) electrons. The number of Topliss-reactive ketones (excluding diaryl/α,β-unsaturated/α-hetero) is 2. The normalized spacial score (nSPS) is 28.0. The second kappa shape index (κ2) is 6.53. The van der Waals surface area contributed by atoms with Crippen molar-refractivity contribution in [2.24, 2.45) is 5.92 Å². The van der Waals surface area contributed by atoms with E-state index in [-0.39, 0.29) is 23.6 Å². The van der Waals surface area contributed by atoms with Gasteiger partial charge in [0.25, 0.3) is 0 Å². The number of carbonyl (C=O) groups excluding carboxylic acids is 2. The van der Waals surface area contributed by atoms with Gasteiger partial charge in [-0.25, -0.2) is 0 Å². The van der Waals surface area contributed by atoms with Crippen LogP contribution in [0.1, 0.15) is 61.3 Å². The molecule has 0 bridgehead atoms. The number of allylic oxidation sites excluding steroid dienone is 2. The zero-order valence-corrected chi connectivity index (χ0v) is 15.9. The Hall–Kier alpha value is -1.74. The van der Waals surface area contributed by atoms with Gasteiger partial charge in [0.15, 0.2) is 11.6 Å². The van der Waals surface area contributed by atoms with Gasteiger partial charge in [0.05, 0.1) is 5.60 Å². The summed E-state index contributed by atoms with van der Waals surface area (Å²) in [5.41, 5.74) is 4.70. The molecule has 1 aliphatic carbocycles. The maximum atomic E-state index is 13.0. The maximum Gasteiger partial charge on any atom is 0.173 e. The van der Waals surface area contributed by atoms with E-state index in [1.165, 1.54) is 0 Å². The number of benzene rings is 1. The average Bonchev–Trinajstić information content (AvgIpc) is 2.73. The molecule has 2 unspecified atom stereocenters. The van der Waals surface area contributed by atoms with E-state index in [0.29, 0.717) is 18.1 Å². The Balaban J connectivity index is 1.90. The summed E-state index contributed by atoms with van der Waals surface area (Å²) in [5.74, 6) is -0.254. The zero-order chi connectivity index (χ0) is 18.4. The Labute approximate surface area is 150 Å². The van der Waals surface area contributed by atoms with Gasteiger partial charge in [-0.15, -0.1) is 0 Å². The largest absolute Gasteiger partial charge is 0.376 e. The number of hydrogen-bond donors (Lipinski definition) is 0. The second-order valence-electron chi connectivity index (χ2n) is 8.31. The molecule has 1 heterocycles. The predicted octanol–water partition coefficient (Wildman–Crippen LogP) is 4.37. The van der Waals surface area contributed by atoms with Crippen LogP contribution in [0.5, 0.6) is 0 Å². The van der Waals surface area contributed by atoms with Crippen molar-refractivity contribution in [2.45, 2.75) is 65.4 Å². The molecule has 1 saturated heterocycles. The van der Waals surface area contributed by atoms with Crippen LogP contribution in [0.2, 0.25) is 0 Å². The smallest absolute Gasteiger partial charge is 0.173 e. The van der Waals surface area contributed by atoms with Crippen LogP contribution in [0.25, 0.3) is 0 Å². The fourth-order valence-corrected chi connectivity index (χ4v) is 4.49. The molecule has 3 heteroatoms. The maximum absolute atomic E-state index is 13.0. The van der Waals surface area contributed by atoms with Crippen LogP contribution >= 0.6 is 0 Å². The highest BCUT2D eigenvalue weighted by atomic mass is 16.5. The molecular weight excluding hydrogens is 312 g/mol. The average molecular weight is 340 g/mol. The van der Waals surface area contributed by atoms with Crippen LogP contribution in [-0.4, -0.2) is 23.8 Å². The first kappa shape index (κ1) is 18.1. The summed E-state index contributed by atoms with van der Waals surface area (Å²) >= 11 is 0. The van der Waals surface area contributed by atoms with E-state index in [1.54, 1.807) is 0 Å². The van der Waals surface area contributed by atoms with Crippen LogP contribution in [0.4, 0.5) is 0 Å². The summed E-state index contributed by atoms with van der Waals surface area (Å²) in [5, 5.41) is 0. The highest BCUT2D eigenvalue weighted by Gasteiger charge is 2.40. The fourth-order valence-electron chi connectivity index (χ4n) is 4.49. The van der Waals surface area contributed by atoms with E-state index >= 15 is 0 Å². The van der Waals surface area contributed by atoms with Crippen LogP contribution in [0.3, 0.4) is 0 Å². The molecule has 1 aliphatic heterocycles. The molecule has 0 N–H and O–H groups in total. The van der Waals surface area contributed by atoms with Crippen molar-refractivity contribution in [1.29, 1.82) is 0 Å². The summed E-state index contributed by atoms with van der Waals surface area (Å²) in [6, 6.07) is 4.12. The first-order valence-corrected chi connectivity index (χ1v) is 9.17. The summed E-state index contributed by atoms with van der Waals surface area (Å²) in [6.07, 6.45) is 4.14. The topological polar surface area (TPSA) is 43.4 Å². The van der Waals surface area contributed by atoms with Crippen LogP contribution in [0, 0.1) is 26.7 Å². The van der Waals surface area contributed by atoms with Gasteiger partial charge in [0.1, 0.15) is 5.92 Å². The molecule has 2 aliphatic rings. The molecule has 3 nitrogen and oxygen atoms in total. The highest BCUT2D eigenvalue weighted by molar-refractivity contribution is 6.23. The van der Waals surface area contributed by atoms with E-state index in [4.69, 9.17) is 4.74 Å². The van der Waals surface area contributed by atoms with Crippen molar-refractivity contribution in [3.05, 3.63) is 46.0 Å². The van der Waals surface area contributed by atoms with Gasteiger partial charge < -0.3 is 4.74 Å². The molecule has 1 aromatic carbocycles. The van der Waals surface area contributed by atoms with Gasteiger partial charge in [-0.2, -0.15) is 0 Å². The van der Waals surface area contributed by atoms with Crippen molar-refractivity contribution in [3.63, 3.8) is 0 Å². The van der Waals surface area contributed by atoms with E-state index in [2.05, 4.69) is 32.1 Å². The Morgan fingerprint density at radius 2 is 1.76 bits per heavy atom. The van der Waals surface area contributed by atoms with Gasteiger partial charge in [0, 0.05) is 13.0 Å². The quantitative estimate of drug-likeness (QED) is 0.593. The van der Waals surface area contributed by atoms with Crippen molar-refractivity contribution in [2.75, 3.05) is 6.61 Å². The van der Waals surface area contributed by atoms with Gasteiger partial charge >= 0.3 is 0 Å². The van der Waals surface area contributed by atoms with Crippen molar-refractivity contribution >= 4 is 11.6 Å². The van der Waals surface area contributed by atoms with Gasteiger partial charge in [-0.3, -0.25) is 9.59 Å². The SMILES string of the molecule is Cc1cc(C)c(C2C(=O)CC(=CC3CCOC(C)(C)C3)C2=O)c(C)c1. The van der Waals surface area contributed by atoms with Crippen LogP contribution in [0.15, 0.2) is 23.8 Å². The lowest BCUT2D eigenvalue weighted by Crippen LogP contribution is -2.33. The molecule has 0 aromatic heterocycles. The molecule has 2 fully saturated rings. The number of carbonyl (C=O) groups is 2. The van der Waals surface area contributed by atoms with Gasteiger partial charge in [-0.05, 0) is 75.6 Å². The number of hydrogen-bond acceptors (Lipinski definition) is 3. The van der Waals surface area contributed by atoms with Crippen molar-refractivity contribution < 1.29 is 14.3 Å². The lowest BCUT2D eigenvalue weighted by atomic mass is 9.85. The first-order valence-electron chi connectivity index (χ1n) is 9.17. The molecule has 1 saturated carbocycles. The summed E-state index contributed by atoms with van der Waals surface area (Å²) in [7, 11) is 0. The monoisotopic (exact) mass is 340 g/mol. The third-order valence-electron chi connectivity index (χ3n) is 5.46. The Morgan fingerprint density at radius 1 is 1.12 bits per heavy atom.